The van der Waals surface area contributed by atoms with Gasteiger partial charge < -0.3 is 10.8 Å². The number of nitrogens with zero attached hydrogens (tertiary/aromatic N) is 4. The summed E-state index contributed by atoms with van der Waals surface area (Å²) in [6.07, 6.45) is 0. The zero-order chi connectivity index (χ0) is 15.9. The summed E-state index contributed by atoms with van der Waals surface area (Å²) in [5.41, 5.74) is 0.428. The van der Waals surface area contributed by atoms with Gasteiger partial charge in [0.2, 0.25) is 5.16 Å². The molecule has 0 fully saturated rings. The zero-order valence-electron chi connectivity index (χ0n) is 12.5. The summed E-state index contributed by atoms with van der Waals surface area (Å²) in [5.74, 6) is 7.82. The number of nitrogen functional groups attached to an aromatic ring is 1. The Bertz CT molecular complexity index is 873. The van der Waals surface area contributed by atoms with E-state index in [0.717, 1.165) is 0 Å². The summed E-state index contributed by atoms with van der Waals surface area (Å²) in [4.78, 5) is 19.1. The van der Waals surface area contributed by atoms with Crippen molar-refractivity contribution in [1.82, 2.24) is 24.8 Å². The average Bonchev–Trinajstić information content (AvgIpc) is 3.02. The van der Waals surface area contributed by atoms with Gasteiger partial charge >= 0.3 is 0 Å². The molecule has 0 unspecified atom stereocenters. The van der Waals surface area contributed by atoms with Gasteiger partial charge in [-0.2, -0.15) is 0 Å². The number of thioether (sulfide) groups is 1. The molecule has 3 N–H and O–H groups in total. The van der Waals surface area contributed by atoms with E-state index in [9.17, 15) is 4.79 Å². The lowest BCUT2D eigenvalue weighted by atomic mass is 9.96. The van der Waals surface area contributed by atoms with Crippen LogP contribution in [0.25, 0.3) is 10.2 Å². The van der Waals surface area contributed by atoms with Crippen LogP contribution in [0.4, 0.5) is 0 Å². The molecule has 0 saturated carbocycles. The van der Waals surface area contributed by atoms with E-state index in [0.29, 0.717) is 32.8 Å². The van der Waals surface area contributed by atoms with E-state index < -0.39 is 0 Å². The third-order valence-electron chi connectivity index (χ3n) is 3.04. The molecule has 0 aliphatic heterocycles. The quantitative estimate of drug-likeness (QED) is 0.559. The highest BCUT2D eigenvalue weighted by molar-refractivity contribution is 7.98. The molecule has 7 nitrogen and oxygen atoms in total. The van der Waals surface area contributed by atoms with Gasteiger partial charge in [-0.15, -0.1) is 21.5 Å². The molecule has 0 aliphatic rings. The lowest BCUT2D eigenvalue weighted by molar-refractivity contribution is 0.523. The molecule has 0 atom stereocenters. The van der Waals surface area contributed by atoms with Crippen molar-refractivity contribution in [3.05, 3.63) is 33.4 Å². The van der Waals surface area contributed by atoms with Gasteiger partial charge in [-0.3, -0.25) is 4.79 Å². The molecule has 116 valence electrons. The van der Waals surface area contributed by atoms with Crippen molar-refractivity contribution >= 4 is 33.3 Å². The average molecular weight is 336 g/mol. The molecule has 9 heteroatoms. The highest BCUT2D eigenvalue weighted by Gasteiger charge is 2.23. The van der Waals surface area contributed by atoms with Crippen molar-refractivity contribution in [1.29, 1.82) is 0 Å². The fraction of sp³-hybridized carbons (Fsp3) is 0.385. The number of thiophene rings is 1. The van der Waals surface area contributed by atoms with E-state index in [1.807, 2.05) is 32.2 Å². The highest BCUT2D eigenvalue weighted by Crippen LogP contribution is 2.25. The normalized spacial score (nSPS) is 12.1. The maximum atomic E-state index is 11.9. The molecule has 3 heterocycles. The molecular formula is C13H16N6OS2. The Labute approximate surface area is 134 Å². The Morgan fingerprint density at radius 2 is 2.18 bits per heavy atom. The van der Waals surface area contributed by atoms with Gasteiger partial charge in [0.15, 0.2) is 5.82 Å². The van der Waals surface area contributed by atoms with Gasteiger partial charge in [0.25, 0.3) is 5.56 Å². The topological polar surface area (TPSA) is 102 Å². The number of fused-ring (bicyclic) bond motifs is 1. The summed E-state index contributed by atoms with van der Waals surface area (Å²) in [7, 11) is 0. The predicted octanol–water partition coefficient (Wildman–Crippen LogP) is 1.88. The highest BCUT2D eigenvalue weighted by atomic mass is 32.2. The number of aromatic amines is 1. The number of aromatic nitrogens is 5. The van der Waals surface area contributed by atoms with E-state index in [1.165, 1.54) is 27.8 Å². The van der Waals surface area contributed by atoms with Crippen molar-refractivity contribution in [3.8, 4) is 0 Å². The predicted molar refractivity (Wildman–Crippen MR) is 88.7 cm³/mol. The second kappa shape index (κ2) is 5.40. The van der Waals surface area contributed by atoms with Gasteiger partial charge in [0, 0.05) is 5.41 Å². The van der Waals surface area contributed by atoms with E-state index in [2.05, 4.69) is 20.2 Å². The fourth-order valence-electron chi connectivity index (χ4n) is 2.01. The Balaban J connectivity index is 1.82. The maximum absolute atomic E-state index is 11.9. The molecule has 3 rings (SSSR count). The lowest BCUT2D eigenvalue weighted by Crippen LogP contribution is -2.24. The van der Waals surface area contributed by atoms with Crippen molar-refractivity contribution < 1.29 is 0 Å². The molecule has 0 radical (unpaired) electrons. The summed E-state index contributed by atoms with van der Waals surface area (Å²) >= 11 is 2.78. The molecule has 0 aliphatic carbocycles. The van der Waals surface area contributed by atoms with Crippen molar-refractivity contribution in [3.63, 3.8) is 0 Å². The number of rotatable bonds is 3. The molecule has 0 aromatic carbocycles. The largest absolute Gasteiger partial charge is 0.336 e. The van der Waals surface area contributed by atoms with Crippen molar-refractivity contribution in [2.45, 2.75) is 37.1 Å². The van der Waals surface area contributed by atoms with Crippen LogP contribution in [0.1, 0.15) is 32.4 Å². The Hall–Kier alpha value is -1.87. The van der Waals surface area contributed by atoms with E-state index in [-0.39, 0.29) is 11.0 Å². The summed E-state index contributed by atoms with van der Waals surface area (Å²) in [5, 5.41) is 10.7. The number of hydrogen-bond acceptors (Lipinski definition) is 7. The number of H-pyrrole nitrogens is 1. The smallest absolute Gasteiger partial charge is 0.268 e. The van der Waals surface area contributed by atoms with Crippen LogP contribution in [0.5, 0.6) is 0 Å². The van der Waals surface area contributed by atoms with Crippen LogP contribution in [0.15, 0.2) is 21.4 Å². The Morgan fingerprint density at radius 3 is 2.86 bits per heavy atom. The Kier molecular flexibility index (Phi) is 3.69. The van der Waals surface area contributed by atoms with Gasteiger partial charge in [-0.1, -0.05) is 32.5 Å². The van der Waals surface area contributed by atoms with Crippen LogP contribution in [-0.2, 0) is 11.2 Å². The van der Waals surface area contributed by atoms with Gasteiger partial charge in [-0.05, 0) is 11.4 Å². The molecular weight excluding hydrogens is 320 g/mol. The minimum absolute atomic E-state index is 0.111. The van der Waals surface area contributed by atoms with Crippen LogP contribution >= 0.6 is 23.1 Å². The van der Waals surface area contributed by atoms with Crippen LogP contribution in [0.3, 0.4) is 0 Å². The van der Waals surface area contributed by atoms with Crippen molar-refractivity contribution in [2.24, 2.45) is 0 Å². The third-order valence-corrected chi connectivity index (χ3v) is 4.89. The van der Waals surface area contributed by atoms with Gasteiger partial charge in [0.05, 0.1) is 11.3 Å². The first-order valence-corrected chi connectivity index (χ1v) is 8.53. The fourth-order valence-corrected chi connectivity index (χ4v) is 3.46. The van der Waals surface area contributed by atoms with Crippen molar-refractivity contribution in [2.75, 3.05) is 5.84 Å². The standard InChI is InChI=1S/C13H16N6OS2/c1-13(2,3)11-17-18-12(19(11)14)22-6-8-15-7-4-5-21-9(7)10(20)16-8/h4-5H,6,14H2,1-3H3,(H,15,16,20). The van der Waals surface area contributed by atoms with E-state index >= 15 is 0 Å². The first-order valence-electron chi connectivity index (χ1n) is 6.66. The Morgan fingerprint density at radius 1 is 1.41 bits per heavy atom. The van der Waals surface area contributed by atoms with E-state index in [4.69, 9.17) is 5.84 Å². The van der Waals surface area contributed by atoms with Gasteiger partial charge in [0.1, 0.15) is 10.5 Å². The number of hydrogen-bond donors (Lipinski definition) is 2. The van der Waals surface area contributed by atoms with E-state index in [1.54, 1.807) is 0 Å². The summed E-state index contributed by atoms with van der Waals surface area (Å²) in [6, 6.07) is 1.84. The second-order valence-electron chi connectivity index (χ2n) is 5.86. The molecule has 22 heavy (non-hydrogen) atoms. The molecule has 0 spiro atoms. The number of nitrogens with one attached hydrogen (secondary N) is 1. The molecule has 0 saturated heterocycles. The van der Waals surface area contributed by atoms with Crippen LogP contribution < -0.4 is 11.4 Å². The minimum atomic E-state index is -0.178. The number of nitrogens with two attached hydrogens (primary N) is 1. The zero-order valence-corrected chi connectivity index (χ0v) is 14.1. The van der Waals surface area contributed by atoms with Crippen LogP contribution in [-0.4, -0.2) is 24.8 Å². The molecule has 0 bridgehead atoms. The first kappa shape index (κ1) is 15.0. The van der Waals surface area contributed by atoms with Gasteiger partial charge in [-0.25, -0.2) is 9.66 Å². The monoisotopic (exact) mass is 336 g/mol. The maximum Gasteiger partial charge on any atom is 0.268 e. The molecule has 3 aromatic rings. The summed E-state index contributed by atoms with van der Waals surface area (Å²) in [6.45, 7) is 6.08. The lowest BCUT2D eigenvalue weighted by Gasteiger charge is -2.16. The molecule has 0 amide bonds. The SMILES string of the molecule is CC(C)(C)c1nnc(SCc2nc3ccsc3c(=O)[nH]2)n1N. The summed E-state index contributed by atoms with van der Waals surface area (Å²) < 4.78 is 2.14. The second-order valence-corrected chi connectivity index (χ2v) is 7.72. The van der Waals surface area contributed by atoms with Crippen LogP contribution in [0, 0.1) is 0 Å². The minimum Gasteiger partial charge on any atom is -0.336 e. The molecule has 3 aromatic heterocycles. The van der Waals surface area contributed by atoms with Crippen LogP contribution in [0.2, 0.25) is 0 Å². The third kappa shape index (κ3) is 2.73. The first-order chi connectivity index (χ1) is 10.4.